The Morgan fingerprint density at radius 2 is 2.00 bits per heavy atom. The van der Waals surface area contributed by atoms with E-state index in [4.69, 9.17) is 15.2 Å². The summed E-state index contributed by atoms with van der Waals surface area (Å²) >= 11 is 0. The summed E-state index contributed by atoms with van der Waals surface area (Å²) in [5.74, 6) is 1.42. The van der Waals surface area contributed by atoms with E-state index in [2.05, 4.69) is 5.32 Å². The zero-order valence-electron chi connectivity index (χ0n) is 10.8. The second-order valence-corrected chi connectivity index (χ2v) is 5.15. The SMILES string of the molecule is NCC1(C(=O)Nc2ccc3c(c2)OCCO3)CCC1. The summed E-state index contributed by atoms with van der Waals surface area (Å²) in [6.07, 6.45) is 2.82. The number of nitrogens with two attached hydrogens (primary N) is 1. The first kappa shape index (κ1) is 12.3. The van der Waals surface area contributed by atoms with Crippen LogP contribution in [0.25, 0.3) is 0 Å². The molecule has 0 aromatic heterocycles. The minimum Gasteiger partial charge on any atom is -0.486 e. The minimum atomic E-state index is -0.368. The molecule has 0 bridgehead atoms. The Labute approximate surface area is 112 Å². The molecule has 1 saturated carbocycles. The van der Waals surface area contributed by atoms with Crippen LogP contribution < -0.4 is 20.5 Å². The van der Waals surface area contributed by atoms with Crippen molar-refractivity contribution in [2.75, 3.05) is 25.1 Å². The van der Waals surface area contributed by atoms with E-state index in [0.717, 1.165) is 30.7 Å². The van der Waals surface area contributed by atoms with Gasteiger partial charge in [0, 0.05) is 18.3 Å². The summed E-state index contributed by atoms with van der Waals surface area (Å²) in [5.41, 5.74) is 6.09. The Morgan fingerprint density at radius 3 is 2.63 bits per heavy atom. The summed E-state index contributed by atoms with van der Waals surface area (Å²) in [7, 11) is 0. The van der Waals surface area contributed by atoms with E-state index in [1.807, 2.05) is 12.1 Å². The van der Waals surface area contributed by atoms with Gasteiger partial charge in [0.1, 0.15) is 13.2 Å². The first-order valence-corrected chi connectivity index (χ1v) is 6.65. The third-order valence-electron chi connectivity index (χ3n) is 3.98. The van der Waals surface area contributed by atoms with Gasteiger partial charge in [-0.2, -0.15) is 0 Å². The average Bonchev–Trinajstić information content (AvgIpc) is 2.38. The number of amides is 1. The van der Waals surface area contributed by atoms with Crippen LogP contribution in [0.15, 0.2) is 18.2 Å². The number of hydrogen-bond donors (Lipinski definition) is 2. The van der Waals surface area contributed by atoms with E-state index < -0.39 is 0 Å². The number of fused-ring (bicyclic) bond motifs is 1. The van der Waals surface area contributed by atoms with Crippen molar-refractivity contribution < 1.29 is 14.3 Å². The van der Waals surface area contributed by atoms with Crippen LogP contribution in [0, 0.1) is 5.41 Å². The van der Waals surface area contributed by atoms with Crippen molar-refractivity contribution in [1.29, 1.82) is 0 Å². The molecule has 2 aliphatic rings. The standard InChI is InChI=1S/C14H18N2O3/c15-9-14(4-1-5-14)13(17)16-10-2-3-11-12(8-10)19-7-6-18-11/h2-3,8H,1,4-7,9,15H2,(H,16,17). The molecule has 0 unspecified atom stereocenters. The maximum atomic E-state index is 12.3. The first-order valence-electron chi connectivity index (χ1n) is 6.65. The fraction of sp³-hybridized carbons (Fsp3) is 0.500. The molecule has 3 rings (SSSR count). The van der Waals surface area contributed by atoms with Crippen LogP contribution in [0.4, 0.5) is 5.69 Å². The molecule has 1 amide bonds. The lowest BCUT2D eigenvalue weighted by Crippen LogP contribution is -2.47. The zero-order chi connectivity index (χ0) is 13.3. The number of rotatable bonds is 3. The quantitative estimate of drug-likeness (QED) is 0.866. The molecule has 1 aliphatic carbocycles. The van der Waals surface area contributed by atoms with Gasteiger partial charge < -0.3 is 20.5 Å². The lowest BCUT2D eigenvalue weighted by molar-refractivity contribution is -0.129. The summed E-state index contributed by atoms with van der Waals surface area (Å²) in [4.78, 5) is 12.3. The third kappa shape index (κ3) is 2.14. The smallest absolute Gasteiger partial charge is 0.231 e. The van der Waals surface area contributed by atoms with Gasteiger partial charge in [0.05, 0.1) is 5.41 Å². The highest BCUT2D eigenvalue weighted by Crippen LogP contribution is 2.41. The number of ether oxygens (including phenoxy) is 2. The van der Waals surface area contributed by atoms with Crippen molar-refractivity contribution in [1.82, 2.24) is 0 Å². The highest BCUT2D eigenvalue weighted by molar-refractivity contribution is 5.96. The van der Waals surface area contributed by atoms with Gasteiger partial charge in [-0.05, 0) is 25.0 Å². The minimum absolute atomic E-state index is 0.0120. The number of benzene rings is 1. The lowest BCUT2D eigenvalue weighted by atomic mass is 9.68. The first-order chi connectivity index (χ1) is 9.23. The van der Waals surface area contributed by atoms with Crippen LogP contribution in [-0.4, -0.2) is 25.7 Å². The molecule has 1 fully saturated rings. The summed E-state index contributed by atoms with van der Waals surface area (Å²) in [5, 5.41) is 2.93. The number of carbonyl (C=O) groups is 1. The molecule has 3 N–H and O–H groups in total. The van der Waals surface area contributed by atoms with Gasteiger partial charge in [0.2, 0.25) is 5.91 Å². The molecule has 0 radical (unpaired) electrons. The highest BCUT2D eigenvalue weighted by atomic mass is 16.6. The van der Waals surface area contributed by atoms with Crippen LogP contribution in [0.1, 0.15) is 19.3 Å². The largest absolute Gasteiger partial charge is 0.486 e. The lowest BCUT2D eigenvalue weighted by Gasteiger charge is -2.39. The summed E-state index contributed by atoms with van der Waals surface area (Å²) in [6, 6.07) is 5.45. The topological polar surface area (TPSA) is 73.6 Å². The van der Waals surface area contributed by atoms with E-state index >= 15 is 0 Å². The molecule has 102 valence electrons. The third-order valence-corrected chi connectivity index (χ3v) is 3.98. The Hall–Kier alpha value is -1.75. The van der Waals surface area contributed by atoms with E-state index in [1.54, 1.807) is 6.07 Å². The second-order valence-electron chi connectivity index (χ2n) is 5.15. The van der Waals surface area contributed by atoms with Crippen LogP contribution in [0.5, 0.6) is 11.5 Å². The van der Waals surface area contributed by atoms with Crippen LogP contribution in [0.3, 0.4) is 0 Å². The molecule has 5 nitrogen and oxygen atoms in total. The molecule has 5 heteroatoms. The molecular formula is C14H18N2O3. The van der Waals surface area contributed by atoms with Crippen LogP contribution in [-0.2, 0) is 4.79 Å². The van der Waals surface area contributed by atoms with E-state index in [9.17, 15) is 4.79 Å². The molecule has 0 saturated heterocycles. The van der Waals surface area contributed by atoms with Gasteiger partial charge in [0.15, 0.2) is 11.5 Å². The fourth-order valence-electron chi connectivity index (χ4n) is 2.51. The average molecular weight is 262 g/mol. The normalized spacial score (nSPS) is 19.4. The highest BCUT2D eigenvalue weighted by Gasteiger charge is 2.42. The van der Waals surface area contributed by atoms with Crippen molar-refractivity contribution in [2.24, 2.45) is 11.1 Å². The van der Waals surface area contributed by atoms with Crippen molar-refractivity contribution in [2.45, 2.75) is 19.3 Å². The van der Waals surface area contributed by atoms with Gasteiger partial charge in [-0.3, -0.25) is 4.79 Å². The van der Waals surface area contributed by atoms with Gasteiger partial charge in [-0.1, -0.05) is 6.42 Å². The maximum Gasteiger partial charge on any atom is 0.231 e. The van der Waals surface area contributed by atoms with E-state index in [-0.39, 0.29) is 11.3 Å². The molecule has 1 heterocycles. The molecule has 0 atom stereocenters. The monoisotopic (exact) mass is 262 g/mol. The Bertz CT molecular complexity index is 492. The van der Waals surface area contributed by atoms with Crippen molar-refractivity contribution in [3.63, 3.8) is 0 Å². The van der Waals surface area contributed by atoms with Gasteiger partial charge in [-0.25, -0.2) is 0 Å². The molecule has 0 spiro atoms. The number of nitrogens with one attached hydrogen (secondary N) is 1. The van der Waals surface area contributed by atoms with Crippen LogP contribution in [0.2, 0.25) is 0 Å². The maximum absolute atomic E-state index is 12.3. The predicted molar refractivity (Wildman–Crippen MR) is 71.4 cm³/mol. The van der Waals surface area contributed by atoms with E-state index in [0.29, 0.717) is 25.5 Å². The Kier molecular flexibility index (Phi) is 3.06. The number of hydrogen-bond acceptors (Lipinski definition) is 4. The Morgan fingerprint density at radius 1 is 1.26 bits per heavy atom. The molecule has 1 aliphatic heterocycles. The number of carbonyl (C=O) groups excluding carboxylic acids is 1. The molecular weight excluding hydrogens is 244 g/mol. The Balaban J connectivity index is 1.74. The van der Waals surface area contributed by atoms with Crippen molar-refractivity contribution >= 4 is 11.6 Å². The molecule has 19 heavy (non-hydrogen) atoms. The van der Waals surface area contributed by atoms with Crippen molar-refractivity contribution in [3.05, 3.63) is 18.2 Å². The molecule has 1 aromatic rings. The van der Waals surface area contributed by atoms with Gasteiger partial charge in [-0.15, -0.1) is 0 Å². The van der Waals surface area contributed by atoms with Gasteiger partial charge >= 0.3 is 0 Å². The zero-order valence-corrected chi connectivity index (χ0v) is 10.8. The molecule has 1 aromatic carbocycles. The van der Waals surface area contributed by atoms with Crippen LogP contribution >= 0.6 is 0 Å². The fourth-order valence-corrected chi connectivity index (χ4v) is 2.51. The van der Waals surface area contributed by atoms with E-state index in [1.165, 1.54) is 0 Å². The predicted octanol–water partition coefficient (Wildman–Crippen LogP) is 1.53. The van der Waals surface area contributed by atoms with Gasteiger partial charge in [0.25, 0.3) is 0 Å². The second kappa shape index (κ2) is 4.74. The summed E-state index contributed by atoms with van der Waals surface area (Å²) in [6.45, 7) is 1.51. The number of anilines is 1. The van der Waals surface area contributed by atoms with Crippen molar-refractivity contribution in [3.8, 4) is 11.5 Å². The summed E-state index contributed by atoms with van der Waals surface area (Å²) < 4.78 is 10.9.